The maximum Gasteiger partial charge on any atom is 0.347 e. The van der Waals surface area contributed by atoms with Gasteiger partial charge in [0.1, 0.15) is 4.88 Å². The van der Waals surface area contributed by atoms with Crippen molar-refractivity contribution in [3.63, 3.8) is 0 Å². The van der Waals surface area contributed by atoms with Crippen molar-refractivity contribution in [2.24, 2.45) is 5.41 Å². The third kappa shape index (κ3) is 3.51. The highest BCUT2D eigenvalue weighted by molar-refractivity contribution is 7.17. The Bertz CT molecular complexity index is 482. The van der Waals surface area contributed by atoms with Crippen molar-refractivity contribution in [1.29, 1.82) is 0 Å². The second-order valence-electron chi connectivity index (χ2n) is 6.33. The Balaban J connectivity index is 2.20. The highest BCUT2D eigenvalue weighted by Crippen LogP contribution is 2.34. The van der Waals surface area contributed by atoms with Crippen molar-refractivity contribution < 1.29 is 9.90 Å². The number of thiazole rings is 1. The Kier molecular flexibility index (Phi) is 4.68. The van der Waals surface area contributed by atoms with Crippen LogP contribution in [0.4, 0.5) is 5.13 Å². The van der Waals surface area contributed by atoms with E-state index in [9.17, 15) is 9.90 Å². The Morgan fingerprint density at radius 3 is 2.80 bits per heavy atom. The average molecular weight is 296 g/mol. The summed E-state index contributed by atoms with van der Waals surface area (Å²) in [6.45, 7) is 8.64. The fourth-order valence-electron chi connectivity index (χ4n) is 2.66. The fraction of sp³-hybridized carbons (Fsp3) is 0.733. The molecule has 4 nitrogen and oxygen atoms in total. The minimum atomic E-state index is -0.840. The smallest absolute Gasteiger partial charge is 0.347 e. The number of carbonyl (C=O) groups is 1. The monoisotopic (exact) mass is 296 g/mol. The summed E-state index contributed by atoms with van der Waals surface area (Å²) in [5.74, 6) is -0.840. The molecule has 1 aliphatic heterocycles. The Morgan fingerprint density at radius 1 is 1.40 bits per heavy atom. The summed E-state index contributed by atoms with van der Waals surface area (Å²) in [6.07, 6.45) is 5.19. The molecule has 0 spiro atoms. The lowest BCUT2D eigenvalue weighted by molar-refractivity contribution is 0.0700. The third-order valence-electron chi connectivity index (χ3n) is 3.98. The number of anilines is 1. The van der Waals surface area contributed by atoms with Gasteiger partial charge < -0.3 is 10.0 Å². The van der Waals surface area contributed by atoms with Gasteiger partial charge >= 0.3 is 5.97 Å². The second-order valence-corrected chi connectivity index (χ2v) is 7.31. The van der Waals surface area contributed by atoms with Gasteiger partial charge in [-0.15, -0.1) is 0 Å². The minimum Gasteiger partial charge on any atom is -0.477 e. The quantitative estimate of drug-likeness (QED) is 0.918. The number of nitrogens with zero attached hydrogens (tertiary/aromatic N) is 2. The molecule has 1 N–H and O–H groups in total. The summed E-state index contributed by atoms with van der Waals surface area (Å²) in [5.41, 5.74) is 1.14. The van der Waals surface area contributed by atoms with E-state index in [1.807, 2.05) is 0 Å². The number of hydrogen-bond acceptors (Lipinski definition) is 4. The number of carboxylic acid groups (broad SMARTS) is 1. The normalized spacial score (nSPS) is 18.9. The zero-order chi connectivity index (χ0) is 14.8. The molecule has 1 saturated heterocycles. The van der Waals surface area contributed by atoms with E-state index in [2.05, 4.69) is 30.7 Å². The highest BCUT2D eigenvalue weighted by atomic mass is 32.1. The summed E-state index contributed by atoms with van der Waals surface area (Å²) >= 11 is 1.34. The lowest BCUT2D eigenvalue weighted by atomic mass is 9.85. The van der Waals surface area contributed by atoms with E-state index in [0.29, 0.717) is 10.3 Å². The van der Waals surface area contributed by atoms with E-state index in [-0.39, 0.29) is 0 Å². The van der Waals surface area contributed by atoms with Crippen molar-refractivity contribution >= 4 is 22.4 Å². The van der Waals surface area contributed by atoms with Gasteiger partial charge in [0.15, 0.2) is 5.13 Å². The number of aromatic carboxylic acids is 1. The SMILES string of the molecule is CCCc1nc(N2CCCC(C)(C)CC2)sc1C(=O)O. The molecule has 112 valence electrons. The molecule has 0 bridgehead atoms. The number of hydrogen-bond donors (Lipinski definition) is 1. The Labute approximate surface area is 124 Å². The molecule has 1 fully saturated rings. The standard InChI is InChI=1S/C15H24N2O2S/c1-4-6-11-12(13(18)19)20-14(16-11)17-9-5-7-15(2,3)8-10-17/h4-10H2,1-3H3,(H,18,19). The molecule has 0 aliphatic carbocycles. The number of aryl methyl sites for hydroxylation is 1. The van der Waals surface area contributed by atoms with E-state index < -0.39 is 5.97 Å². The largest absolute Gasteiger partial charge is 0.477 e. The molecular weight excluding hydrogens is 272 g/mol. The first-order chi connectivity index (χ1) is 9.43. The van der Waals surface area contributed by atoms with E-state index in [4.69, 9.17) is 0 Å². The summed E-state index contributed by atoms with van der Waals surface area (Å²) in [6, 6.07) is 0. The average Bonchev–Trinajstić information content (AvgIpc) is 2.69. The third-order valence-corrected chi connectivity index (χ3v) is 5.12. The summed E-state index contributed by atoms with van der Waals surface area (Å²) in [4.78, 5) is 18.6. The van der Waals surface area contributed by atoms with Crippen LogP contribution < -0.4 is 4.90 Å². The van der Waals surface area contributed by atoms with Gasteiger partial charge in [-0.05, 0) is 31.1 Å². The van der Waals surface area contributed by atoms with Gasteiger partial charge in [0, 0.05) is 13.1 Å². The molecule has 2 heterocycles. The molecule has 0 amide bonds. The second kappa shape index (κ2) is 6.12. The van der Waals surface area contributed by atoms with Crippen LogP contribution in [0.3, 0.4) is 0 Å². The molecule has 0 saturated carbocycles. The topological polar surface area (TPSA) is 53.4 Å². The molecule has 0 atom stereocenters. The number of carboxylic acids is 1. The maximum atomic E-state index is 11.3. The van der Waals surface area contributed by atoms with Gasteiger partial charge in [-0.1, -0.05) is 38.5 Å². The van der Waals surface area contributed by atoms with E-state index in [0.717, 1.165) is 49.6 Å². The van der Waals surface area contributed by atoms with E-state index in [1.54, 1.807) is 0 Å². The maximum absolute atomic E-state index is 11.3. The highest BCUT2D eigenvalue weighted by Gasteiger charge is 2.26. The molecule has 0 aromatic carbocycles. The lowest BCUT2D eigenvalue weighted by Crippen LogP contribution is -2.24. The van der Waals surface area contributed by atoms with Crippen molar-refractivity contribution in [3.8, 4) is 0 Å². The molecule has 1 aromatic heterocycles. The molecule has 0 unspecified atom stereocenters. The van der Waals surface area contributed by atoms with Gasteiger partial charge in [-0.2, -0.15) is 0 Å². The fourth-order valence-corrected chi connectivity index (χ4v) is 3.66. The van der Waals surface area contributed by atoms with Gasteiger partial charge in [-0.3, -0.25) is 0 Å². The molecule has 2 rings (SSSR count). The van der Waals surface area contributed by atoms with Crippen LogP contribution in [-0.2, 0) is 6.42 Å². The Morgan fingerprint density at radius 2 is 2.15 bits per heavy atom. The molecule has 0 radical (unpaired) electrons. The van der Waals surface area contributed by atoms with Crippen LogP contribution in [0.25, 0.3) is 0 Å². The first kappa shape index (κ1) is 15.3. The zero-order valence-electron chi connectivity index (χ0n) is 12.6. The first-order valence-corrected chi connectivity index (χ1v) is 8.22. The molecular formula is C15H24N2O2S. The summed E-state index contributed by atoms with van der Waals surface area (Å²) < 4.78 is 0. The first-order valence-electron chi connectivity index (χ1n) is 7.41. The predicted molar refractivity (Wildman–Crippen MR) is 82.9 cm³/mol. The predicted octanol–water partition coefficient (Wildman–Crippen LogP) is 3.81. The molecule has 20 heavy (non-hydrogen) atoms. The van der Waals surface area contributed by atoms with E-state index >= 15 is 0 Å². The summed E-state index contributed by atoms with van der Waals surface area (Å²) in [5, 5.41) is 10.2. The summed E-state index contributed by atoms with van der Waals surface area (Å²) in [7, 11) is 0. The van der Waals surface area contributed by atoms with Crippen molar-refractivity contribution in [2.45, 2.75) is 52.9 Å². The Hall–Kier alpha value is -1.10. The number of rotatable bonds is 4. The van der Waals surface area contributed by atoms with Crippen molar-refractivity contribution in [3.05, 3.63) is 10.6 Å². The van der Waals surface area contributed by atoms with Crippen LogP contribution in [0.2, 0.25) is 0 Å². The van der Waals surface area contributed by atoms with Crippen LogP contribution in [0, 0.1) is 5.41 Å². The van der Waals surface area contributed by atoms with E-state index in [1.165, 1.54) is 17.8 Å². The van der Waals surface area contributed by atoms with Gasteiger partial charge in [0.05, 0.1) is 5.69 Å². The van der Waals surface area contributed by atoms with Crippen LogP contribution >= 0.6 is 11.3 Å². The zero-order valence-corrected chi connectivity index (χ0v) is 13.4. The molecule has 1 aliphatic rings. The minimum absolute atomic E-state index is 0.383. The van der Waals surface area contributed by atoms with Gasteiger partial charge in [-0.25, -0.2) is 9.78 Å². The number of aromatic nitrogens is 1. The molecule has 5 heteroatoms. The van der Waals surface area contributed by atoms with Crippen LogP contribution in [0.5, 0.6) is 0 Å². The van der Waals surface area contributed by atoms with Crippen LogP contribution in [-0.4, -0.2) is 29.1 Å². The molecule has 1 aromatic rings. The van der Waals surface area contributed by atoms with Gasteiger partial charge in [0.25, 0.3) is 0 Å². The van der Waals surface area contributed by atoms with Crippen LogP contribution in [0.1, 0.15) is 61.8 Å². The van der Waals surface area contributed by atoms with Crippen molar-refractivity contribution in [1.82, 2.24) is 4.98 Å². The van der Waals surface area contributed by atoms with Crippen molar-refractivity contribution in [2.75, 3.05) is 18.0 Å². The van der Waals surface area contributed by atoms with Gasteiger partial charge in [0.2, 0.25) is 0 Å². The lowest BCUT2D eigenvalue weighted by Gasteiger charge is -2.22. The van der Waals surface area contributed by atoms with Crippen LogP contribution in [0.15, 0.2) is 0 Å².